The number of carbonyl (C=O) groups excluding carboxylic acids is 1. The van der Waals surface area contributed by atoms with E-state index in [2.05, 4.69) is 26.9 Å². The Morgan fingerprint density at radius 3 is 2.68 bits per heavy atom. The number of carbonyl (C=O) groups is 1. The Balaban J connectivity index is 1.59. The molecule has 0 spiro atoms. The summed E-state index contributed by atoms with van der Waals surface area (Å²) in [5, 5.41) is 15.8. The second-order valence-electron chi connectivity index (χ2n) is 8.23. The minimum absolute atomic E-state index is 0.0978. The fraction of sp³-hybridized carbons (Fsp3) is 0.292. The summed E-state index contributed by atoms with van der Waals surface area (Å²) < 4.78 is 1.68. The zero-order valence-corrected chi connectivity index (χ0v) is 17.9. The van der Waals surface area contributed by atoms with Crippen LogP contribution >= 0.6 is 0 Å². The summed E-state index contributed by atoms with van der Waals surface area (Å²) >= 11 is 0. The molecule has 2 aromatic carbocycles. The molecule has 2 aromatic heterocycles. The van der Waals surface area contributed by atoms with Crippen LogP contribution in [0.4, 0.5) is 5.69 Å². The van der Waals surface area contributed by atoms with Crippen LogP contribution in [0.5, 0.6) is 0 Å². The number of aromatic nitrogens is 5. The highest BCUT2D eigenvalue weighted by molar-refractivity contribution is 6.13. The number of fused-ring (bicyclic) bond motifs is 2. The van der Waals surface area contributed by atoms with Crippen molar-refractivity contribution in [2.75, 3.05) is 5.32 Å². The van der Waals surface area contributed by atoms with Crippen LogP contribution < -0.4 is 5.32 Å². The van der Waals surface area contributed by atoms with Crippen molar-refractivity contribution in [3.63, 3.8) is 0 Å². The minimum Gasteiger partial charge on any atom is -0.322 e. The first kappa shape index (κ1) is 19.4. The molecule has 0 saturated heterocycles. The van der Waals surface area contributed by atoms with Gasteiger partial charge in [-0.3, -0.25) is 9.78 Å². The number of amides is 1. The van der Waals surface area contributed by atoms with E-state index in [-0.39, 0.29) is 5.91 Å². The Morgan fingerprint density at radius 1 is 1.03 bits per heavy atom. The smallest absolute Gasteiger partial charge is 0.256 e. The van der Waals surface area contributed by atoms with Crippen molar-refractivity contribution in [2.24, 2.45) is 0 Å². The predicted octanol–water partition coefficient (Wildman–Crippen LogP) is 4.27. The van der Waals surface area contributed by atoms with Gasteiger partial charge >= 0.3 is 0 Å². The van der Waals surface area contributed by atoms with E-state index in [1.54, 1.807) is 4.68 Å². The number of nitrogens with zero attached hydrogens (tertiary/aromatic N) is 5. The molecule has 0 fully saturated rings. The van der Waals surface area contributed by atoms with Crippen molar-refractivity contribution in [3.05, 3.63) is 70.2 Å². The van der Waals surface area contributed by atoms with Crippen molar-refractivity contribution in [3.8, 4) is 5.69 Å². The number of tetrazole rings is 1. The van der Waals surface area contributed by atoms with E-state index in [9.17, 15) is 4.79 Å². The van der Waals surface area contributed by atoms with Crippen molar-refractivity contribution in [1.29, 1.82) is 0 Å². The molecule has 7 nitrogen and oxygen atoms in total. The normalized spacial score (nSPS) is 13.3. The summed E-state index contributed by atoms with van der Waals surface area (Å²) in [4.78, 5) is 18.4. The molecule has 1 aliphatic rings. The number of hydrogen-bond donors (Lipinski definition) is 1. The van der Waals surface area contributed by atoms with Crippen molar-refractivity contribution in [2.45, 2.75) is 46.5 Å². The number of rotatable bonds is 3. The highest BCUT2D eigenvalue weighted by Crippen LogP contribution is 2.31. The fourth-order valence-corrected chi connectivity index (χ4v) is 4.36. The Kier molecular flexibility index (Phi) is 4.73. The Bertz CT molecular complexity index is 1320. The molecule has 156 valence electrons. The summed E-state index contributed by atoms with van der Waals surface area (Å²) in [6.07, 6.45) is 4.01. The standard InChI is InChI=1S/C24H24N6O/c1-14-8-11-21-19(12-14)23(18-6-4-5-7-20(18)26-21)24(31)25-17-10-9-15(2)22(13-17)30-16(3)27-28-29-30/h8-13H,4-7H2,1-3H3,(H,25,31). The monoisotopic (exact) mass is 412 g/mol. The van der Waals surface area contributed by atoms with Gasteiger partial charge in [0.25, 0.3) is 5.91 Å². The zero-order chi connectivity index (χ0) is 21.5. The number of anilines is 1. The topological polar surface area (TPSA) is 85.6 Å². The summed E-state index contributed by atoms with van der Waals surface area (Å²) in [5.41, 5.74) is 7.48. The molecular weight excluding hydrogens is 388 g/mol. The third-order valence-electron chi connectivity index (χ3n) is 5.96. The van der Waals surface area contributed by atoms with E-state index in [0.29, 0.717) is 11.5 Å². The molecule has 0 aliphatic heterocycles. The zero-order valence-electron chi connectivity index (χ0n) is 17.9. The molecule has 5 rings (SSSR count). The second-order valence-corrected chi connectivity index (χ2v) is 8.23. The molecule has 0 radical (unpaired) electrons. The van der Waals surface area contributed by atoms with Crippen LogP contribution in [0.3, 0.4) is 0 Å². The Labute approximate surface area is 180 Å². The van der Waals surface area contributed by atoms with Crippen LogP contribution in [0, 0.1) is 20.8 Å². The third-order valence-corrected chi connectivity index (χ3v) is 5.96. The first-order chi connectivity index (χ1) is 15.0. The minimum atomic E-state index is -0.0978. The molecule has 0 unspecified atom stereocenters. The van der Waals surface area contributed by atoms with Gasteiger partial charge in [0.1, 0.15) is 0 Å². The highest BCUT2D eigenvalue weighted by Gasteiger charge is 2.23. The molecule has 7 heteroatoms. The van der Waals surface area contributed by atoms with Crippen molar-refractivity contribution < 1.29 is 4.79 Å². The van der Waals surface area contributed by atoms with Crippen molar-refractivity contribution in [1.82, 2.24) is 25.2 Å². The first-order valence-corrected chi connectivity index (χ1v) is 10.6. The quantitative estimate of drug-likeness (QED) is 0.543. The summed E-state index contributed by atoms with van der Waals surface area (Å²) in [7, 11) is 0. The van der Waals surface area contributed by atoms with Gasteiger partial charge in [0, 0.05) is 16.8 Å². The number of benzene rings is 2. The van der Waals surface area contributed by atoms with Gasteiger partial charge in [-0.05, 0) is 92.3 Å². The van der Waals surface area contributed by atoms with Gasteiger partial charge in [0.05, 0.1) is 16.8 Å². The van der Waals surface area contributed by atoms with Crippen LogP contribution in [-0.4, -0.2) is 31.1 Å². The maximum absolute atomic E-state index is 13.6. The average Bonchev–Trinajstić information content (AvgIpc) is 3.19. The fourth-order valence-electron chi connectivity index (χ4n) is 4.36. The van der Waals surface area contributed by atoms with Gasteiger partial charge in [0.2, 0.25) is 0 Å². The van der Waals surface area contributed by atoms with E-state index < -0.39 is 0 Å². The predicted molar refractivity (Wildman–Crippen MR) is 120 cm³/mol. The molecule has 4 aromatic rings. The van der Waals surface area contributed by atoms with Crippen LogP contribution in [0.1, 0.15) is 51.4 Å². The Morgan fingerprint density at radius 2 is 1.87 bits per heavy atom. The van der Waals surface area contributed by atoms with Gasteiger partial charge in [-0.1, -0.05) is 17.7 Å². The van der Waals surface area contributed by atoms with Gasteiger partial charge in [-0.15, -0.1) is 5.10 Å². The van der Waals surface area contributed by atoms with Crippen LogP contribution in [0.15, 0.2) is 36.4 Å². The van der Waals surface area contributed by atoms with Crippen LogP contribution in [0.2, 0.25) is 0 Å². The van der Waals surface area contributed by atoms with Gasteiger partial charge in [-0.2, -0.15) is 4.68 Å². The lowest BCUT2D eigenvalue weighted by atomic mass is 9.89. The van der Waals surface area contributed by atoms with Gasteiger partial charge < -0.3 is 5.32 Å². The van der Waals surface area contributed by atoms with Crippen molar-refractivity contribution >= 4 is 22.5 Å². The average molecular weight is 412 g/mol. The molecule has 0 atom stereocenters. The molecule has 0 bridgehead atoms. The van der Waals surface area contributed by atoms with Crippen LogP contribution in [0.25, 0.3) is 16.6 Å². The molecule has 0 saturated carbocycles. The summed E-state index contributed by atoms with van der Waals surface area (Å²) in [6.45, 7) is 5.89. The number of hydrogen-bond acceptors (Lipinski definition) is 5. The molecule has 31 heavy (non-hydrogen) atoms. The highest BCUT2D eigenvalue weighted by atomic mass is 16.1. The maximum atomic E-state index is 13.6. The number of pyridine rings is 1. The van der Waals surface area contributed by atoms with E-state index in [1.165, 1.54) is 0 Å². The molecule has 1 N–H and O–H groups in total. The number of nitrogens with one attached hydrogen (secondary N) is 1. The van der Waals surface area contributed by atoms with E-state index in [0.717, 1.165) is 70.2 Å². The molecule has 1 aliphatic carbocycles. The van der Waals surface area contributed by atoms with Gasteiger partial charge in [-0.25, -0.2) is 0 Å². The maximum Gasteiger partial charge on any atom is 0.256 e. The first-order valence-electron chi connectivity index (χ1n) is 10.6. The molecule has 2 heterocycles. The number of aryl methyl sites for hydroxylation is 4. The molecular formula is C24H24N6O. The summed E-state index contributed by atoms with van der Waals surface area (Å²) in [6, 6.07) is 11.9. The lowest BCUT2D eigenvalue weighted by Crippen LogP contribution is -2.19. The molecule has 1 amide bonds. The van der Waals surface area contributed by atoms with Crippen LogP contribution in [-0.2, 0) is 12.8 Å². The van der Waals surface area contributed by atoms with E-state index in [4.69, 9.17) is 4.98 Å². The lowest BCUT2D eigenvalue weighted by Gasteiger charge is -2.21. The lowest BCUT2D eigenvalue weighted by molar-refractivity contribution is 0.102. The van der Waals surface area contributed by atoms with Gasteiger partial charge in [0.15, 0.2) is 5.82 Å². The van der Waals surface area contributed by atoms with E-state index in [1.807, 2.05) is 51.1 Å². The van der Waals surface area contributed by atoms with E-state index >= 15 is 0 Å². The Hall–Kier alpha value is -3.61. The SMILES string of the molecule is Cc1ccc2nc3c(c(C(=O)Nc4ccc(C)c(-n5nnnc5C)c4)c2c1)CCCC3. The largest absolute Gasteiger partial charge is 0.322 e. The summed E-state index contributed by atoms with van der Waals surface area (Å²) in [5.74, 6) is 0.593. The third kappa shape index (κ3) is 3.46. The second kappa shape index (κ2) is 7.58.